The van der Waals surface area contributed by atoms with Gasteiger partial charge in [-0.1, -0.05) is 13.3 Å². The second kappa shape index (κ2) is 10.6. The highest BCUT2D eigenvalue weighted by Crippen LogP contribution is 2.07. The Hall–Kier alpha value is -1.14. The van der Waals surface area contributed by atoms with Crippen LogP contribution in [0.5, 0.6) is 0 Å². The van der Waals surface area contributed by atoms with Crippen LogP contribution in [0.2, 0.25) is 0 Å². The molecule has 1 unspecified atom stereocenters. The summed E-state index contributed by atoms with van der Waals surface area (Å²) < 4.78 is 0. The van der Waals surface area contributed by atoms with Crippen molar-refractivity contribution in [3.8, 4) is 0 Å². The Labute approximate surface area is 127 Å². The maximum absolute atomic E-state index is 11.9. The van der Waals surface area contributed by atoms with Crippen LogP contribution in [0.15, 0.2) is 0 Å². The Morgan fingerprint density at radius 1 is 1.38 bits per heavy atom. The SMILES string of the molecule is CCCCN(CC(=O)NCCCC(=O)O)CC1CCCN1. The zero-order valence-corrected chi connectivity index (χ0v) is 13.1. The molecule has 1 atom stereocenters. The third-order valence-corrected chi connectivity index (χ3v) is 3.73. The number of carboxylic acids is 1. The molecule has 0 aromatic rings. The van der Waals surface area contributed by atoms with Crippen LogP contribution in [0.25, 0.3) is 0 Å². The molecule has 0 bridgehead atoms. The molecule has 0 saturated carbocycles. The van der Waals surface area contributed by atoms with Crippen LogP contribution >= 0.6 is 0 Å². The van der Waals surface area contributed by atoms with Crippen LogP contribution in [0, 0.1) is 0 Å². The third kappa shape index (κ3) is 8.67. The van der Waals surface area contributed by atoms with E-state index in [0.717, 1.165) is 32.5 Å². The van der Waals surface area contributed by atoms with E-state index in [1.54, 1.807) is 0 Å². The normalized spacial score (nSPS) is 18.1. The second-order valence-corrected chi connectivity index (χ2v) is 5.73. The number of hydrogen-bond donors (Lipinski definition) is 3. The maximum Gasteiger partial charge on any atom is 0.303 e. The van der Waals surface area contributed by atoms with Gasteiger partial charge in [0.05, 0.1) is 6.54 Å². The molecule has 1 heterocycles. The first-order chi connectivity index (χ1) is 10.1. The predicted octanol–water partition coefficient (Wildman–Crippen LogP) is 0.822. The van der Waals surface area contributed by atoms with Crippen molar-refractivity contribution in [1.29, 1.82) is 0 Å². The van der Waals surface area contributed by atoms with E-state index in [1.165, 1.54) is 12.8 Å². The Morgan fingerprint density at radius 2 is 2.19 bits per heavy atom. The molecule has 1 rings (SSSR count). The first-order valence-corrected chi connectivity index (χ1v) is 8.06. The summed E-state index contributed by atoms with van der Waals surface area (Å²) >= 11 is 0. The average molecular weight is 299 g/mol. The van der Waals surface area contributed by atoms with Crippen LogP contribution < -0.4 is 10.6 Å². The summed E-state index contributed by atoms with van der Waals surface area (Å²) in [6, 6.07) is 0.502. The summed E-state index contributed by atoms with van der Waals surface area (Å²) in [6.07, 6.45) is 5.20. The van der Waals surface area contributed by atoms with E-state index in [2.05, 4.69) is 22.5 Å². The Kier molecular flexibility index (Phi) is 9.01. The van der Waals surface area contributed by atoms with E-state index in [1.807, 2.05) is 0 Å². The number of carboxylic acid groups (broad SMARTS) is 1. The first kappa shape index (κ1) is 17.9. The summed E-state index contributed by atoms with van der Waals surface area (Å²) in [5.41, 5.74) is 0. The molecule has 1 fully saturated rings. The van der Waals surface area contributed by atoms with Crippen LogP contribution in [0.1, 0.15) is 45.4 Å². The van der Waals surface area contributed by atoms with Gasteiger partial charge in [0.2, 0.25) is 5.91 Å². The van der Waals surface area contributed by atoms with Crippen LogP contribution in [-0.4, -0.2) is 60.6 Å². The molecule has 0 aromatic carbocycles. The minimum atomic E-state index is -0.818. The fraction of sp³-hybridized carbons (Fsp3) is 0.867. The van der Waals surface area contributed by atoms with Gasteiger partial charge in [0.15, 0.2) is 0 Å². The van der Waals surface area contributed by atoms with Crippen LogP contribution in [-0.2, 0) is 9.59 Å². The molecule has 1 aliphatic rings. The van der Waals surface area contributed by atoms with Crippen molar-refractivity contribution in [2.75, 3.05) is 32.7 Å². The van der Waals surface area contributed by atoms with E-state index in [0.29, 0.717) is 25.6 Å². The van der Waals surface area contributed by atoms with Crippen molar-refractivity contribution < 1.29 is 14.7 Å². The molecule has 1 amide bonds. The molecule has 0 aromatic heterocycles. The monoisotopic (exact) mass is 299 g/mol. The Bertz CT molecular complexity index is 317. The van der Waals surface area contributed by atoms with E-state index in [-0.39, 0.29) is 12.3 Å². The van der Waals surface area contributed by atoms with Crippen molar-refractivity contribution in [1.82, 2.24) is 15.5 Å². The van der Waals surface area contributed by atoms with E-state index >= 15 is 0 Å². The Morgan fingerprint density at radius 3 is 2.81 bits per heavy atom. The molecule has 0 aliphatic carbocycles. The van der Waals surface area contributed by atoms with Crippen LogP contribution in [0.3, 0.4) is 0 Å². The lowest BCUT2D eigenvalue weighted by molar-refractivity contribution is -0.137. The Balaban J connectivity index is 2.25. The second-order valence-electron chi connectivity index (χ2n) is 5.73. The van der Waals surface area contributed by atoms with E-state index < -0.39 is 5.97 Å². The van der Waals surface area contributed by atoms with Gasteiger partial charge in [-0.15, -0.1) is 0 Å². The molecule has 3 N–H and O–H groups in total. The van der Waals surface area contributed by atoms with Gasteiger partial charge >= 0.3 is 5.97 Å². The quantitative estimate of drug-likeness (QED) is 0.492. The van der Waals surface area contributed by atoms with E-state index in [4.69, 9.17) is 5.11 Å². The fourth-order valence-corrected chi connectivity index (χ4v) is 2.57. The van der Waals surface area contributed by atoms with Gasteiger partial charge in [0.25, 0.3) is 0 Å². The lowest BCUT2D eigenvalue weighted by Crippen LogP contribution is -2.43. The maximum atomic E-state index is 11.9. The number of aliphatic carboxylic acids is 1. The summed E-state index contributed by atoms with van der Waals surface area (Å²) in [6.45, 7) is 5.94. The summed E-state index contributed by atoms with van der Waals surface area (Å²) in [4.78, 5) is 24.5. The molecule has 0 spiro atoms. The van der Waals surface area contributed by atoms with Crippen molar-refractivity contribution >= 4 is 11.9 Å². The minimum absolute atomic E-state index is 0.00510. The number of hydrogen-bond acceptors (Lipinski definition) is 4. The largest absolute Gasteiger partial charge is 0.481 e. The highest BCUT2D eigenvalue weighted by atomic mass is 16.4. The zero-order chi connectivity index (χ0) is 15.5. The summed E-state index contributed by atoms with van der Waals surface area (Å²) in [7, 11) is 0. The highest BCUT2D eigenvalue weighted by molar-refractivity contribution is 5.78. The zero-order valence-electron chi connectivity index (χ0n) is 13.1. The average Bonchev–Trinajstić information content (AvgIpc) is 2.93. The van der Waals surface area contributed by atoms with Crippen LogP contribution in [0.4, 0.5) is 0 Å². The number of rotatable bonds is 11. The lowest BCUT2D eigenvalue weighted by atomic mass is 10.2. The first-order valence-electron chi connectivity index (χ1n) is 8.06. The predicted molar refractivity (Wildman–Crippen MR) is 82.3 cm³/mol. The highest BCUT2D eigenvalue weighted by Gasteiger charge is 2.19. The number of amides is 1. The molecule has 21 heavy (non-hydrogen) atoms. The topological polar surface area (TPSA) is 81.7 Å². The minimum Gasteiger partial charge on any atom is -0.481 e. The lowest BCUT2D eigenvalue weighted by Gasteiger charge is -2.25. The standard InChI is InChI=1S/C15H29N3O3/c1-2-3-10-18(11-13-6-4-8-16-13)12-14(19)17-9-5-7-15(20)21/h13,16H,2-12H2,1H3,(H,17,19)(H,20,21). The van der Waals surface area contributed by atoms with Gasteiger partial charge < -0.3 is 15.7 Å². The van der Waals surface area contributed by atoms with Crippen molar-refractivity contribution in [3.63, 3.8) is 0 Å². The molecule has 6 heteroatoms. The van der Waals surface area contributed by atoms with Crippen molar-refractivity contribution in [2.45, 2.75) is 51.5 Å². The van der Waals surface area contributed by atoms with Gasteiger partial charge in [-0.2, -0.15) is 0 Å². The fourth-order valence-electron chi connectivity index (χ4n) is 2.57. The number of nitrogens with one attached hydrogen (secondary N) is 2. The van der Waals surface area contributed by atoms with Crippen molar-refractivity contribution in [2.24, 2.45) is 0 Å². The number of carbonyl (C=O) groups is 2. The molecule has 6 nitrogen and oxygen atoms in total. The number of unbranched alkanes of at least 4 members (excludes halogenated alkanes) is 1. The van der Waals surface area contributed by atoms with Gasteiger partial charge in [-0.05, 0) is 38.8 Å². The molecule has 122 valence electrons. The molecule has 1 saturated heterocycles. The number of carbonyl (C=O) groups excluding carboxylic acids is 1. The van der Waals surface area contributed by atoms with Gasteiger partial charge in [0, 0.05) is 25.6 Å². The van der Waals surface area contributed by atoms with Gasteiger partial charge in [0.1, 0.15) is 0 Å². The molecular formula is C15H29N3O3. The summed E-state index contributed by atoms with van der Waals surface area (Å²) in [5, 5.41) is 14.8. The van der Waals surface area contributed by atoms with E-state index in [9.17, 15) is 9.59 Å². The summed E-state index contributed by atoms with van der Waals surface area (Å²) in [5.74, 6) is -0.824. The van der Waals surface area contributed by atoms with Gasteiger partial charge in [-0.3, -0.25) is 14.5 Å². The smallest absolute Gasteiger partial charge is 0.303 e. The van der Waals surface area contributed by atoms with Crippen molar-refractivity contribution in [3.05, 3.63) is 0 Å². The van der Waals surface area contributed by atoms with Gasteiger partial charge in [-0.25, -0.2) is 0 Å². The molecule has 0 radical (unpaired) electrons. The number of nitrogens with zero attached hydrogens (tertiary/aromatic N) is 1. The third-order valence-electron chi connectivity index (χ3n) is 3.73. The molecule has 1 aliphatic heterocycles. The molecular weight excluding hydrogens is 270 g/mol.